The molecule has 1 atom stereocenters. The van der Waals surface area contributed by atoms with Crippen LogP contribution in [0.3, 0.4) is 0 Å². The van der Waals surface area contributed by atoms with Crippen LogP contribution in [0.25, 0.3) is 0 Å². The van der Waals surface area contributed by atoms with Gasteiger partial charge in [0.2, 0.25) is 0 Å². The molecule has 2 heteroatoms. The van der Waals surface area contributed by atoms with Gasteiger partial charge in [0.15, 0.2) is 0 Å². The van der Waals surface area contributed by atoms with E-state index >= 15 is 0 Å². The first-order valence-electron chi connectivity index (χ1n) is 5.46. The molecule has 0 saturated carbocycles. The molecule has 0 aliphatic carbocycles. The molecule has 0 aromatic rings. The highest BCUT2D eigenvalue weighted by Crippen LogP contribution is 2.23. The highest BCUT2D eigenvalue weighted by Gasteiger charge is 2.28. The average molecular weight is 184 g/mol. The second-order valence-electron chi connectivity index (χ2n) is 4.98. The van der Waals surface area contributed by atoms with Crippen LogP contribution in [-0.2, 0) is 0 Å². The molecule has 2 nitrogen and oxygen atoms in total. The van der Waals surface area contributed by atoms with Crippen molar-refractivity contribution in [2.75, 3.05) is 26.7 Å². The van der Waals surface area contributed by atoms with Gasteiger partial charge >= 0.3 is 0 Å². The smallest absolute Gasteiger partial charge is 0.00991 e. The summed E-state index contributed by atoms with van der Waals surface area (Å²) in [6, 6.07) is 0.591. The monoisotopic (exact) mass is 184 g/mol. The average Bonchev–Trinajstić information content (AvgIpc) is 2.54. The summed E-state index contributed by atoms with van der Waals surface area (Å²) in [4.78, 5) is 2.59. The first-order valence-corrected chi connectivity index (χ1v) is 5.46. The fourth-order valence-electron chi connectivity index (χ4n) is 2.04. The summed E-state index contributed by atoms with van der Waals surface area (Å²) in [6.45, 7) is 10.8. The normalized spacial score (nSPS) is 22.2. The quantitative estimate of drug-likeness (QED) is 0.715. The molecule has 78 valence electrons. The molecule has 1 fully saturated rings. The van der Waals surface area contributed by atoms with Gasteiger partial charge < -0.3 is 10.2 Å². The standard InChI is InChI=1S/C11H24N2/c1-10(12-4)11(2,3)9-13-7-5-6-8-13/h10,12H,5-9H2,1-4H3/t10-/m0/s1. The van der Waals surface area contributed by atoms with E-state index in [-0.39, 0.29) is 0 Å². The van der Waals surface area contributed by atoms with Crippen LogP contribution in [0.5, 0.6) is 0 Å². The number of hydrogen-bond acceptors (Lipinski definition) is 2. The van der Waals surface area contributed by atoms with Gasteiger partial charge in [0.1, 0.15) is 0 Å². The molecule has 0 spiro atoms. The lowest BCUT2D eigenvalue weighted by Gasteiger charge is -2.35. The summed E-state index contributed by atoms with van der Waals surface area (Å²) < 4.78 is 0. The highest BCUT2D eigenvalue weighted by atomic mass is 15.1. The second kappa shape index (κ2) is 4.43. The van der Waals surface area contributed by atoms with Crippen molar-refractivity contribution >= 4 is 0 Å². The van der Waals surface area contributed by atoms with Crippen LogP contribution in [0.15, 0.2) is 0 Å². The Morgan fingerprint density at radius 2 is 1.85 bits per heavy atom. The maximum absolute atomic E-state index is 3.35. The first kappa shape index (κ1) is 11.0. The SMILES string of the molecule is CN[C@@H](C)C(C)(C)CN1CCCC1. The molecular formula is C11H24N2. The van der Waals surface area contributed by atoms with Gasteiger partial charge in [-0.15, -0.1) is 0 Å². The van der Waals surface area contributed by atoms with E-state index in [1.165, 1.54) is 32.5 Å². The predicted octanol–water partition coefficient (Wildman–Crippen LogP) is 1.72. The summed E-state index contributed by atoms with van der Waals surface area (Å²) in [5.41, 5.74) is 0.388. The molecule has 1 N–H and O–H groups in total. The molecule has 0 radical (unpaired) electrons. The van der Waals surface area contributed by atoms with Crippen molar-refractivity contribution in [3.8, 4) is 0 Å². The predicted molar refractivity (Wildman–Crippen MR) is 58.0 cm³/mol. The third-order valence-corrected chi connectivity index (χ3v) is 3.44. The molecule has 0 unspecified atom stereocenters. The van der Waals surface area contributed by atoms with Crippen molar-refractivity contribution in [2.45, 2.75) is 39.7 Å². The maximum atomic E-state index is 3.35. The summed E-state index contributed by atoms with van der Waals surface area (Å²) in [5.74, 6) is 0. The second-order valence-corrected chi connectivity index (χ2v) is 4.98. The summed E-state index contributed by atoms with van der Waals surface area (Å²) >= 11 is 0. The molecule has 1 heterocycles. The first-order chi connectivity index (χ1) is 6.06. The number of rotatable bonds is 4. The van der Waals surface area contributed by atoms with Gasteiger partial charge in [-0.05, 0) is 45.3 Å². The van der Waals surface area contributed by atoms with E-state index in [2.05, 4.69) is 38.0 Å². The van der Waals surface area contributed by atoms with Gasteiger partial charge in [-0.3, -0.25) is 0 Å². The lowest BCUT2D eigenvalue weighted by Crippen LogP contribution is -2.44. The lowest BCUT2D eigenvalue weighted by molar-refractivity contribution is 0.168. The maximum Gasteiger partial charge on any atom is 0.00991 e. The Labute approximate surface area is 82.7 Å². The topological polar surface area (TPSA) is 15.3 Å². The fourth-order valence-corrected chi connectivity index (χ4v) is 2.04. The molecule has 1 aliphatic heterocycles. The van der Waals surface area contributed by atoms with Crippen molar-refractivity contribution in [1.82, 2.24) is 10.2 Å². The van der Waals surface area contributed by atoms with Crippen molar-refractivity contribution in [1.29, 1.82) is 0 Å². The number of hydrogen-bond donors (Lipinski definition) is 1. The van der Waals surface area contributed by atoms with Crippen LogP contribution in [0.2, 0.25) is 0 Å². The Bertz CT molecular complexity index is 148. The number of nitrogens with zero attached hydrogens (tertiary/aromatic N) is 1. The van der Waals surface area contributed by atoms with Gasteiger partial charge in [-0.25, -0.2) is 0 Å². The Hall–Kier alpha value is -0.0800. The van der Waals surface area contributed by atoms with Crippen LogP contribution in [0.4, 0.5) is 0 Å². The van der Waals surface area contributed by atoms with Crippen molar-refractivity contribution in [2.24, 2.45) is 5.41 Å². The zero-order valence-electron chi connectivity index (χ0n) is 9.56. The largest absolute Gasteiger partial charge is 0.317 e. The zero-order valence-corrected chi connectivity index (χ0v) is 9.56. The van der Waals surface area contributed by atoms with E-state index in [9.17, 15) is 0 Å². The minimum atomic E-state index is 0.388. The Morgan fingerprint density at radius 1 is 1.31 bits per heavy atom. The Morgan fingerprint density at radius 3 is 2.31 bits per heavy atom. The summed E-state index contributed by atoms with van der Waals surface area (Å²) in [6.07, 6.45) is 2.79. The van der Waals surface area contributed by atoms with Gasteiger partial charge in [0.25, 0.3) is 0 Å². The van der Waals surface area contributed by atoms with Crippen LogP contribution in [0.1, 0.15) is 33.6 Å². The van der Waals surface area contributed by atoms with E-state index in [0.717, 1.165) is 0 Å². The minimum Gasteiger partial charge on any atom is -0.317 e. The van der Waals surface area contributed by atoms with Gasteiger partial charge in [-0.1, -0.05) is 13.8 Å². The van der Waals surface area contributed by atoms with Crippen LogP contribution in [-0.4, -0.2) is 37.6 Å². The summed E-state index contributed by atoms with van der Waals surface area (Å²) in [5, 5.41) is 3.35. The van der Waals surface area contributed by atoms with Crippen LogP contribution < -0.4 is 5.32 Å². The van der Waals surface area contributed by atoms with E-state index in [1.807, 2.05) is 0 Å². The third-order valence-electron chi connectivity index (χ3n) is 3.44. The van der Waals surface area contributed by atoms with Gasteiger partial charge in [0, 0.05) is 12.6 Å². The molecule has 0 aromatic carbocycles. The van der Waals surface area contributed by atoms with E-state index in [4.69, 9.17) is 0 Å². The highest BCUT2D eigenvalue weighted by molar-refractivity contribution is 4.84. The lowest BCUT2D eigenvalue weighted by atomic mass is 9.85. The van der Waals surface area contributed by atoms with Gasteiger partial charge in [-0.2, -0.15) is 0 Å². The minimum absolute atomic E-state index is 0.388. The zero-order chi connectivity index (χ0) is 9.90. The van der Waals surface area contributed by atoms with Crippen LogP contribution >= 0.6 is 0 Å². The molecule has 1 saturated heterocycles. The molecule has 0 bridgehead atoms. The van der Waals surface area contributed by atoms with E-state index < -0.39 is 0 Å². The van der Waals surface area contributed by atoms with Crippen molar-refractivity contribution < 1.29 is 0 Å². The van der Waals surface area contributed by atoms with Crippen LogP contribution in [0, 0.1) is 5.41 Å². The Kier molecular flexibility index (Phi) is 3.74. The fraction of sp³-hybridized carbons (Fsp3) is 1.00. The molecular weight excluding hydrogens is 160 g/mol. The van der Waals surface area contributed by atoms with Crippen molar-refractivity contribution in [3.05, 3.63) is 0 Å². The molecule has 1 aliphatic rings. The van der Waals surface area contributed by atoms with Crippen molar-refractivity contribution in [3.63, 3.8) is 0 Å². The molecule has 0 aromatic heterocycles. The molecule has 13 heavy (non-hydrogen) atoms. The number of likely N-dealkylation sites (tertiary alicyclic amines) is 1. The summed E-state index contributed by atoms with van der Waals surface area (Å²) in [7, 11) is 2.05. The molecule has 1 rings (SSSR count). The van der Waals surface area contributed by atoms with E-state index in [0.29, 0.717) is 11.5 Å². The van der Waals surface area contributed by atoms with E-state index in [1.54, 1.807) is 0 Å². The van der Waals surface area contributed by atoms with Gasteiger partial charge in [0.05, 0.1) is 0 Å². The third kappa shape index (κ3) is 2.96. The molecule has 0 amide bonds. The Balaban J connectivity index is 2.40. The number of nitrogens with one attached hydrogen (secondary N) is 1.